The molecule has 0 bridgehead atoms. The third-order valence-electron chi connectivity index (χ3n) is 5.79. The van der Waals surface area contributed by atoms with Crippen LogP contribution >= 0.6 is 0 Å². The highest BCUT2D eigenvalue weighted by Crippen LogP contribution is 2.33. The molecule has 0 aliphatic rings. The molecule has 5 aromatic rings. The fourth-order valence-electron chi connectivity index (χ4n) is 3.80. The van der Waals surface area contributed by atoms with E-state index in [4.69, 9.17) is 8.83 Å². The lowest BCUT2D eigenvalue weighted by Crippen LogP contribution is -2.17. The minimum atomic E-state index is -0.709. The van der Waals surface area contributed by atoms with E-state index in [2.05, 4.69) is 5.32 Å². The van der Waals surface area contributed by atoms with Gasteiger partial charge in [-0.1, -0.05) is 18.2 Å². The van der Waals surface area contributed by atoms with Gasteiger partial charge >= 0.3 is 0 Å². The molecule has 34 heavy (non-hydrogen) atoms. The number of furan rings is 1. The molecule has 0 saturated carbocycles. The number of halogens is 1. The van der Waals surface area contributed by atoms with Crippen LogP contribution < -0.4 is 10.7 Å². The van der Waals surface area contributed by atoms with Gasteiger partial charge in [-0.05, 0) is 67.4 Å². The standard InChI is InChI=1S/C27H18FNO5/c1-14-7-12-18-20(30)13-22(34-25(18)15(14)2)27(32)29-23-19-5-3-4-6-21(19)33-26(23)24(31)16-8-10-17(28)11-9-16/h3-13H,1-2H3,(H,29,32). The molecule has 6 nitrogen and oxygen atoms in total. The van der Waals surface area contributed by atoms with Gasteiger partial charge in [-0.2, -0.15) is 0 Å². The molecule has 0 atom stereocenters. The maximum atomic E-state index is 13.3. The fraction of sp³-hybridized carbons (Fsp3) is 0.0741. The predicted octanol–water partition coefficient (Wildman–Crippen LogP) is 5.78. The van der Waals surface area contributed by atoms with Crippen LogP contribution in [0.15, 0.2) is 80.4 Å². The second-order valence-electron chi connectivity index (χ2n) is 7.95. The van der Waals surface area contributed by atoms with Gasteiger partial charge in [0.2, 0.25) is 5.78 Å². The first-order valence-electron chi connectivity index (χ1n) is 10.5. The summed E-state index contributed by atoms with van der Waals surface area (Å²) in [6.07, 6.45) is 0. The Hall–Kier alpha value is -4.52. The largest absolute Gasteiger partial charge is 0.450 e. The number of hydrogen-bond donors (Lipinski definition) is 1. The van der Waals surface area contributed by atoms with Crippen LogP contribution in [0.2, 0.25) is 0 Å². The first kappa shape index (κ1) is 21.3. The summed E-state index contributed by atoms with van der Waals surface area (Å²) < 4.78 is 24.9. The molecule has 0 spiro atoms. The van der Waals surface area contributed by atoms with Crippen molar-refractivity contribution >= 4 is 39.3 Å². The van der Waals surface area contributed by atoms with E-state index in [1.807, 2.05) is 19.9 Å². The molecular weight excluding hydrogens is 437 g/mol. The van der Waals surface area contributed by atoms with E-state index >= 15 is 0 Å². The van der Waals surface area contributed by atoms with Gasteiger partial charge in [-0.3, -0.25) is 14.4 Å². The third-order valence-corrected chi connectivity index (χ3v) is 5.79. The second-order valence-corrected chi connectivity index (χ2v) is 7.95. The van der Waals surface area contributed by atoms with Crippen LogP contribution in [-0.2, 0) is 0 Å². The van der Waals surface area contributed by atoms with Crippen LogP contribution in [0.5, 0.6) is 0 Å². The molecule has 0 unspecified atom stereocenters. The van der Waals surface area contributed by atoms with Crippen molar-refractivity contribution in [2.45, 2.75) is 13.8 Å². The Morgan fingerprint density at radius 1 is 0.882 bits per heavy atom. The van der Waals surface area contributed by atoms with Crippen LogP contribution in [0.1, 0.15) is 37.8 Å². The molecule has 3 aromatic carbocycles. The number of amides is 1. The molecule has 2 aromatic heterocycles. The summed E-state index contributed by atoms with van der Waals surface area (Å²) >= 11 is 0. The van der Waals surface area contributed by atoms with Gasteiger partial charge in [0.05, 0.1) is 11.1 Å². The molecular formula is C27H18FNO5. The summed E-state index contributed by atoms with van der Waals surface area (Å²) in [6.45, 7) is 3.69. The Bertz CT molecular complexity index is 1660. The molecule has 1 amide bonds. The highest BCUT2D eigenvalue weighted by Gasteiger charge is 2.25. The van der Waals surface area contributed by atoms with Crippen LogP contribution in [0, 0.1) is 19.7 Å². The maximum absolute atomic E-state index is 13.3. The smallest absolute Gasteiger partial charge is 0.291 e. The number of carbonyl (C=O) groups excluding carboxylic acids is 2. The van der Waals surface area contributed by atoms with Gasteiger partial charge in [-0.15, -0.1) is 0 Å². The molecule has 0 fully saturated rings. The van der Waals surface area contributed by atoms with Gasteiger partial charge in [0.15, 0.2) is 16.9 Å². The van der Waals surface area contributed by atoms with Crippen LogP contribution in [0.25, 0.3) is 21.9 Å². The summed E-state index contributed by atoms with van der Waals surface area (Å²) in [5.74, 6) is -2.03. The number of fused-ring (bicyclic) bond motifs is 2. The van der Waals surface area contributed by atoms with Crippen molar-refractivity contribution in [2.24, 2.45) is 0 Å². The fourth-order valence-corrected chi connectivity index (χ4v) is 3.80. The number of benzene rings is 3. The number of carbonyl (C=O) groups is 2. The van der Waals surface area contributed by atoms with Crippen molar-refractivity contribution in [3.63, 3.8) is 0 Å². The van der Waals surface area contributed by atoms with E-state index in [0.717, 1.165) is 17.2 Å². The zero-order valence-corrected chi connectivity index (χ0v) is 18.3. The van der Waals surface area contributed by atoms with Crippen molar-refractivity contribution in [1.29, 1.82) is 0 Å². The Morgan fingerprint density at radius 2 is 1.62 bits per heavy atom. The Morgan fingerprint density at radius 3 is 2.38 bits per heavy atom. The molecule has 2 heterocycles. The topological polar surface area (TPSA) is 89.5 Å². The van der Waals surface area contributed by atoms with E-state index in [1.165, 1.54) is 24.3 Å². The number of aryl methyl sites for hydroxylation is 2. The molecule has 5 rings (SSSR count). The SMILES string of the molecule is Cc1ccc2c(=O)cc(C(=O)Nc3c(C(=O)c4ccc(F)cc4)oc4ccccc34)oc2c1C. The number of ketones is 1. The number of rotatable bonds is 4. The summed E-state index contributed by atoms with van der Waals surface area (Å²) in [6, 6.07) is 16.4. The van der Waals surface area contributed by atoms with E-state index in [9.17, 15) is 18.8 Å². The molecule has 0 radical (unpaired) electrons. The molecule has 168 valence electrons. The minimum Gasteiger partial charge on any atom is -0.450 e. The van der Waals surface area contributed by atoms with Crippen LogP contribution in [-0.4, -0.2) is 11.7 Å². The van der Waals surface area contributed by atoms with Crippen LogP contribution in [0.4, 0.5) is 10.1 Å². The Balaban J connectivity index is 1.60. The Kier molecular flexibility index (Phi) is 5.09. The van der Waals surface area contributed by atoms with E-state index < -0.39 is 17.5 Å². The average Bonchev–Trinajstić information content (AvgIpc) is 3.20. The van der Waals surface area contributed by atoms with Gasteiger partial charge in [-0.25, -0.2) is 4.39 Å². The van der Waals surface area contributed by atoms with Gasteiger partial charge < -0.3 is 14.2 Å². The Labute approximate surface area is 192 Å². The number of para-hydroxylation sites is 1. The van der Waals surface area contributed by atoms with Gasteiger partial charge in [0, 0.05) is 17.0 Å². The average molecular weight is 455 g/mol. The van der Waals surface area contributed by atoms with Crippen molar-refractivity contribution < 1.29 is 22.8 Å². The van der Waals surface area contributed by atoms with Crippen molar-refractivity contribution in [3.05, 3.63) is 111 Å². The molecule has 0 aliphatic heterocycles. The first-order valence-corrected chi connectivity index (χ1v) is 10.5. The van der Waals surface area contributed by atoms with E-state index in [-0.39, 0.29) is 28.2 Å². The van der Waals surface area contributed by atoms with Crippen LogP contribution in [0.3, 0.4) is 0 Å². The molecule has 0 saturated heterocycles. The molecule has 0 aliphatic carbocycles. The number of anilines is 1. The minimum absolute atomic E-state index is 0.115. The highest BCUT2D eigenvalue weighted by atomic mass is 19.1. The van der Waals surface area contributed by atoms with Gasteiger partial charge in [0.1, 0.15) is 17.0 Å². The summed E-state index contributed by atoms with van der Waals surface area (Å²) in [7, 11) is 0. The number of nitrogens with one attached hydrogen (secondary N) is 1. The zero-order chi connectivity index (χ0) is 24.0. The third kappa shape index (κ3) is 3.57. The van der Waals surface area contributed by atoms with Crippen molar-refractivity contribution in [1.82, 2.24) is 0 Å². The monoisotopic (exact) mass is 455 g/mol. The summed E-state index contributed by atoms with van der Waals surface area (Å²) in [5.41, 5.74) is 2.37. The lowest BCUT2D eigenvalue weighted by Gasteiger charge is -2.08. The maximum Gasteiger partial charge on any atom is 0.291 e. The van der Waals surface area contributed by atoms with Gasteiger partial charge in [0.25, 0.3) is 5.91 Å². The molecule has 1 N–H and O–H groups in total. The lowest BCUT2D eigenvalue weighted by atomic mass is 10.1. The first-order chi connectivity index (χ1) is 16.3. The van der Waals surface area contributed by atoms with E-state index in [1.54, 1.807) is 30.3 Å². The zero-order valence-electron chi connectivity index (χ0n) is 18.3. The predicted molar refractivity (Wildman–Crippen MR) is 126 cm³/mol. The number of hydrogen-bond acceptors (Lipinski definition) is 5. The second kappa shape index (κ2) is 8.12. The quantitative estimate of drug-likeness (QED) is 0.347. The van der Waals surface area contributed by atoms with E-state index in [0.29, 0.717) is 21.9 Å². The highest BCUT2D eigenvalue weighted by molar-refractivity contribution is 6.18. The van der Waals surface area contributed by atoms with Crippen molar-refractivity contribution in [3.8, 4) is 0 Å². The molecule has 7 heteroatoms. The summed E-state index contributed by atoms with van der Waals surface area (Å²) in [5, 5.41) is 3.55. The normalized spacial score (nSPS) is 11.1. The lowest BCUT2D eigenvalue weighted by molar-refractivity contribution is 0.0997. The van der Waals surface area contributed by atoms with Crippen molar-refractivity contribution in [2.75, 3.05) is 5.32 Å². The summed E-state index contributed by atoms with van der Waals surface area (Å²) in [4.78, 5) is 38.9.